The summed E-state index contributed by atoms with van der Waals surface area (Å²) < 4.78 is 40.8. The number of fused-ring (bicyclic) bond motifs is 1. The maximum atomic E-state index is 14.6. The van der Waals surface area contributed by atoms with E-state index in [4.69, 9.17) is 21.1 Å². The summed E-state index contributed by atoms with van der Waals surface area (Å²) in [6.45, 7) is 3.73. The third-order valence-electron chi connectivity index (χ3n) is 7.42. The number of amides is 2. The lowest BCUT2D eigenvalue weighted by atomic mass is 10.0. The highest BCUT2D eigenvalue weighted by molar-refractivity contribution is 7.92. The second-order valence-electron chi connectivity index (χ2n) is 11.1. The van der Waals surface area contributed by atoms with Gasteiger partial charge in [0.2, 0.25) is 11.8 Å². The van der Waals surface area contributed by atoms with Gasteiger partial charge in [0, 0.05) is 30.1 Å². The monoisotopic (exact) mass is 661 g/mol. The third kappa shape index (κ3) is 7.81. The van der Waals surface area contributed by atoms with Gasteiger partial charge in [0.25, 0.3) is 10.0 Å². The molecule has 0 saturated heterocycles. The van der Waals surface area contributed by atoms with Crippen molar-refractivity contribution >= 4 is 39.1 Å². The first-order valence-electron chi connectivity index (χ1n) is 15.0. The summed E-state index contributed by atoms with van der Waals surface area (Å²) in [5.41, 5.74) is 1.67. The number of halogens is 1. The van der Waals surface area contributed by atoms with Crippen LogP contribution in [-0.4, -0.2) is 57.0 Å². The summed E-state index contributed by atoms with van der Waals surface area (Å²) in [4.78, 5) is 29.8. The molecule has 240 valence electrons. The normalized spacial score (nSPS) is 13.1. The van der Waals surface area contributed by atoms with E-state index in [0.717, 1.165) is 9.87 Å². The minimum atomic E-state index is -4.25. The number of ether oxygens (including phenoxy) is 2. The fraction of sp³-hybridized carbons (Fsp3) is 0.257. The largest absolute Gasteiger partial charge is 0.486 e. The maximum Gasteiger partial charge on any atom is 0.264 e. The predicted octanol–water partition coefficient (Wildman–Crippen LogP) is 5.47. The van der Waals surface area contributed by atoms with Gasteiger partial charge in [-0.25, -0.2) is 8.42 Å². The molecule has 11 heteroatoms. The fourth-order valence-electron chi connectivity index (χ4n) is 5.18. The van der Waals surface area contributed by atoms with E-state index in [1.165, 1.54) is 17.0 Å². The van der Waals surface area contributed by atoms with Crippen molar-refractivity contribution in [1.82, 2.24) is 10.2 Å². The number of benzene rings is 4. The molecule has 5 rings (SSSR count). The van der Waals surface area contributed by atoms with E-state index in [1.807, 2.05) is 44.2 Å². The Labute approximate surface area is 274 Å². The van der Waals surface area contributed by atoms with Crippen LogP contribution in [0, 0.1) is 0 Å². The molecule has 4 aromatic rings. The molecule has 1 aliphatic heterocycles. The third-order valence-corrected chi connectivity index (χ3v) is 9.58. The van der Waals surface area contributed by atoms with Crippen molar-refractivity contribution in [2.75, 3.05) is 24.1 Å². The summed E-state index contributed by atoms with van der Waals surface area (Å²) in [6, 6.07) is 27.9. The van der Waals surface area contributed by atoms with Crippen molar-refractivity contribution in [2.45, 2.75) is 43.8 Å². The first kappa shape index (κ1) is 32.8. The molecule has 0 bridgehead atoms. The Balaban J connectivity index is 1.59. The first-order chi connectivity index (χ1) is 22.1. The number of carbonyl (C=O) groups excluding carboxylic acids is 2. The van der Waals surface area contributed by atoms with Gasteiger partial charge < -0.3 is 19.7 Å². The average molecular weight is 662 g/mol. The zero-order chi connectivity index (χ0) is 32.7. The molecule has 0 unspecified atom stereocenters. The lowest BCUT2D eigenvalue weighted by Crippen LogP contribution is -2.54. The predicted molar refractivity (Wildman–Crippen MR) is 178 cm³/mol. The quantitative estimate of drug-likeness (QED) is 0.216. The Morgan fingerprint density at radius 2 is 1.48 bits per heavy atom. The molecule has 0 radical (unpaired) electrons. The Hall–Kier alpha value is -4.54. The van der Waals surface area contributed by atoms with Gasteiger partial charge in [0.05, 0.1) is 10.6 Å². The lowest BCUT2D eigenvalue weighted by Gasteiger charge is -2.34. The van der Waals surface area contributed by atoms with Crippen LogP contribution in [0.15, 0.2) is 108 Å². The number of hydrogen-bond acceptors (Lipinski definition) is 6. The van der Waals surface area contributed by atoms with Crippen LogP contribution in [-0.2, 0) is 32.6 Å². The minimum absolute atomic E-state index is 0.00808. The Bertz CT molecular complexity index is 1770. The van der Waals surface area contributed by atoms with Crippen LogP contribution < -0.4 is 19.1 Å². The molecule has 0 spiro atoms. The SMILES string of the molecule is CC(C)NC(=O)[C@@H](Cc1ccccc1)N(Cc1ccccc1Cl)C(=O)CN(c1ccc2c(c1)OCCO2)S(=O)(=O)c1ccccc1. The number of rotatable bonds is 12. The summed E-state index contributed by atoms with van der Waals surface area (Å²) in [7, 11) is -4.25. The van der Waals surface area contributed by atoms with Crippen molar-refractivity contribution in [3.63, 3.8) is 0 Å². The van der Waals surface area contributed by atoms with Crippen molar-refractivity contribution in [3.8, 4) is 11.5 Å². The molecular formula is C35H36ClN3O6S. The molecule has 0 aromatic heterocycles. The molecule has 9 nitrogen and oxygen atoms in total. The molecule has 0 aliphatic carbocycles. The second-order valence-corrected chi connectivity index (χ2v) is 13.4. The number of hydrogen-bond donors (Lipinski definition) is 1. The van der Waals surface area contributed by atoms with Crippen molar-refractivity contribution < 1.29 is 27.5 Å². The molecule has 1 atom stereocenters. The molecular weight excluding hydrogens is 626 g/mol. The highest BCUT2D eigenvalue weighted by Crippen LogP contribution is 2.36. The Kier molecular flexibility index (Phi) is 10.5. The van der Waals surface area contributed by atoms with E-state index >= 15 is 0 Å². The number of anilines is 1. The number of sulfonamides is 1. The van der Waals surface area contributed by atoms with E-state index in [2.05, 4.69) is 5.32 Å². The van der Waals surface area contributed by atoms with E-state index in [0.29, 0.717) is 35.3 Å². The van der Waals surface area contributed by atoms with Gasteiger partial charge in [-0.05, 0) is 55.3 Å². The topological polar surface area (TPSA) is 105 Å². The smallest absolute Gasteiger partial charge is 0.264 e. The fourth-order valence-corrected chi connectivity index (χ4v) is 6.80. The van der Waals surface area contributed by atoms with Gasteiger partial charge >= 0.3 is 0 Å². The van der Waals surface area contributed by atoms with Gasteiger partial charge in [-0.15, -0.1) is 0 Å². The molecule has 1 aliphatic rings. The zero-order valence-corrected chi connectivity index (χ0v) is 27.2. The van der Waals surface area contributed by atoms with Gasteiger partial charge in [0.15, 0.2) is 11.5 Å². The van der Waals surface area contributed by atoms with Crippen LogP contribution in [0.3, 0.4) is 0 Å². The van der Waals surface area contributed by atoms with E-state index in [-0.39, 0.29) is 35.5 Å². The van der Waals surface area contributed by atoms with E-state index < -0.39 is 28.5 Å². The summed E-state index contributed by atoms with van der Waals surface area (Å²) in [5, 5.41) is 3.37. The van der Waals surface area contributed by atoms with Crippen LogP contribution >= 0.6 is 11.6 Å². The van der Waals surface area contributed by atoms with Crippen LogP contribution in [0.25, 0.3) is 0 Å². The van der Waals surface area contributed by atoms with Crippen LogP contribution in [0.5, 0.6) is 11.5 Å². The first-order valence-corrected chi connectivity index (χ1v) is 16.8. The standard InChI is InChI=1S/C35H36ClN3O6S/c1-25(2)37-35(41)31(21-26-11-5-3-6-12-26)38(23-27-13-9-10-16-30(27)36)34(40)24-39(46(42,43)29-14-7-4-8-15-29)28-17-18-32-33(22-28)45-20-19-44-32/h3-18,22,25,31H,19-21,23-24H2,1-2H3,(H,37,41)/t31-/m1/s1. The molecule has 1 heterocycles. The maximum absolute atomic E-state index is 14.6. The minimum Gasteiger partial charge on any atom is -0.486 e. The molecule has 1 N–H and O–H groups in total. The highest BCUT2D eigenvalue weighted by atomic mass is 35.5. The molecule has 2 amide bonds. The van der Waals surface area contributed by atoms with E-state index in [1.54, 1.807) is 60.7 Å². The van der Waals surface area contributed by atoms with Gasteiger partial charge in [-0.3, -0.25) is 13.9 Å². The average Bonchev–Trinajstić information content (AvgIpc) is 3.06. The van der Waals surface area contributed by atoms with Gasteiger partial charge in [-0.1, -0.05) is 78.3 Å². The van der Waals surface area contributed by atoms with Crippen LogP contribution in [0.4, 0.5) is 5.69 Å². The summed E-state index contributed by atoms with van der Waals surface area (Å²) in [6.07, 6.45) is 0.199. The summed E-state index contributed by atoms with van der Waals surface area (Å²) >= 11 is 6.55. The van der Waals surface area contributed by atoms with Crippen molar-refractivity contribution in [3.05, 3.63) is 119 Å². The highest BCUT2D eigenvalue weighted by Gasteiger charge is 2.35. The molecule has 0 fully saturated rings. The Morgan fingerprint density at radius 1 is 0.848 bits per heavy atom. The van der Waals surface area contributed by atoms with Gasteiger partial charge in [0.1, 0.15) is 25.8 Å². The number of nitrogens with zero attached hydrogens (tertiary/aromatic N) is 2. The molecule has 46 heavy (non-hydrogen) atoms. The van der Waals surface area contributed by atoms with E-state index in [9.17, 15) is 18.0 Å². The summed E-state index contributed by atoms with van der Waals surface area (Å²) in [5.74, 6) is -0.104. The lowest BCUT2D eigenvalue weighted by molar-refractivity contribution is -0.140. The van der Waals surface area contributed by atoms with Crippen molar-refractivity contribution in [2.24, 2.45) is 0 Å². The molecule has 0 saturated carbocycles. The number of nitrogens with one attached hydrogen (secondary N) is 1. The Morgan fingerprint density at radius 3 is 2.15 bits per heavy atom. The van der Waals surface area contributed by atoms with Gasteiger partial charge in [-0.2, -0.15) is 0 Å². The van der Waals surface area contributed by atoms with Crippen LogP contribution in [0.2, 0.25) is 5.02 Å². The van der Waals surface area contributed by atoms with Crippen molar-refractivity contribution in [1.29, 1.82) is 0 Å². The molecule has 4 aromatic carbocycles. The van der Waals surface area contributed by atoms with Crippen LogP contribution in [0.1, 0.15) is 25.0 Å². The number of carbonyl (C=O) groups is 2. The second kappa shape index (κ2) is 14.7. The zero-order valence-electron chi connectivity index (χ0n) is 25.6.